The highest BCUT2D eigenvalue weighted by Gasteiger charge is 2.16. The third kappa shape index (κ3) is 2.72. The predicted molar refractivity (Wildman–Crippen MR) is 92.0 cm³/mol. The Hall–Kier alpha value is -3.21. The van der Waals surface area contributed by atoms with Crippen LogP contribution in [0.4, 0.5) is 0 Å². The Balaban J connectivity index is 1.75. The van der Waals surface area contributed by atoms with Gasteiger partial charge in [-0.1, -0.05) is 42.0 Å². The van der Waals surface area contributed by atoms with Gasteiger partial charge in [0, 0.05) is 12.4 Å². The molecule has 2 aromatic carbocycles. The second-order valence-electron chi connectivity index (χ2n) is 5.75. The first-order valence-electron chi connectivity index (χ1n) is 7.80. The molecular formula is C19H17N5. The Morgan fingerprint density at radius 3 is 2.12 bits per heavy atom. The molecule has 0 radical (unpaired) electrons. The lowest BCUT2D eigenvalue weighted by molar-refractivity contribution is 0.676. The van der Waals surface area contributed by atoms with Gasteiger partial charge in [-0.25, -0.2) is 14.6 Å². The highest BCUT2D eigenvalue weighted by atomic mass is 15.3. The minimum absolute atomic E-state index is 0.0953. The molecule has 0 bridgehead atoms. The normalized spacial score (nSPS) is 12.2. The summed E-state index contributed by atoms with van der Waals surface area (Å²) in [7, 11) is 0. The van der Waals surface area contributed by atoms with E-state index in [2.05, 4.69) is 75.1 Å². The van der Waals surface area contributed by atoms with Crippen molar-refractivity contribution in [1.29, 1.82) is 0 Å². The van der Waals surface area contributed by atoms with Crippen molar-refractivity contribution in [2.75, 3.05) is 0 Å². The first kappa shape index (κ1) is 14.4. The van der Waals surface area contributed by atoms with Gasteiger partial charge in [-0.2, -0.15) is 5.10 Å². The van der Waals surface area contributed by atoms with E-state index in [1.165, 1.54) is 23.0 Å². The number of benzene rings is 2. The fraction of sp³-hybridized carbons (Fsp3) is 0.105. The molecule has 1 atom stereocenters. The van der Waals surface area contributed by atoms with Crippen LogP contribution in [0.5, 0.6) is 0 Å². The smallest absolute Gasteiger partial charge is 0.138 e. The zero-order valence-electron chi connectivity index (χ0n) is 13.3. The van der Waals surface area contributed by atoms with E-state index < -0.39 is 0 Å². The Morgan fingerprint density at radius 1 is 0.833 bits per heavy atom. The lowest BCUT2D eigenvalue weighted by atomic mass is 9.97. The van der Waals surface area contributed by atoms with Gasteiger partial charge in [0.1, 0.15) is 12.7 Å². The fourth-order valence-corrected chi connectivity index (χ4v) is 2.86. The van der Waals surface area contributed by atoms with Crippen molar-refractivity contribution in [2.45, 2.75) is 13.0 Å². The molecule has 0 spiro atoms. The number of hydrogen-bond acceptors (Lipinski definition) is 3. The number of rotatable bonds is 4. The van der Waals surface area contributed by atoms with Crippen molar-refractivity contribution in [1.82, 2.24) is 24.3 Å². The summed E-state index contributed by atoms with van der Waals surface area (Å²) in [6.45, 7) is 2.10. The van der Waals surface area contributed by atoms with Gasteiger partial charge in [0.05, 0.1) is 18.1 Å². The maximum atomic E-state index is 4.21. The van der Waals surface area contributed by atoms with Gasteiger partial charge >= 0.3 is 0 Å². The first-order valence-corrected chi connectivity index (χ1v) is 7.80. The number of imidazole rings is 1. The molecule has 5 nitrogen and oxygen atoms in total. The minimum atomic E-state index is 0.0953. The summed E-state index contributed by atoms with van der Waals surface area (Å²) in [5.74, 6) is 0. The Kier molecular flexibility index (Phi) is 3.67. The van der Waals surface area contributed by atoms with Crippen LogP contribution < -0.4 is 0 Å². The van der Waals surface area contributed by atoms with Crippen LogP contribution in [0.2, 0.25) is 0 Å². The largest absolute Gasteiger partial charge is 0.326 e. The Bertz CT molecular complexity index is 892. The summed E-state index contributed by atoms with van der Waals surface area (Å²) in [4.78, 5) is 8.20. The van der Waals surface area contributed by atoms with Gasteiger partial charge in [-0.15, -0.1) is 0 Å². The summed E-state index contributed by atoms with van der Waals surface area (Å²) in [5.41, 5.74) is 4.67. The maximum Gasteiger partial charge on any atom is 0.138 e. The van der Waals surface area contributed by atoms with E-state index in [4.69, 9.17) is 0 Å². The van der Waals surface area contributed by atoms with Gasteiger partial charge in [-0.3, -0.25) is 0 Å². The molecule has 5 heteroatoms. The monoisotopic (exact) mass is 315 g/mol. The zero-order chi connectivity index (χ0) is 16.4. The highest BCUT2D eigenvalue weighted by molar-refractivity contribution is 5.39. The van der Waals surface area contributed by atoms with Crippen LogP contribution in [0.1, 0.15) is 22.7 Å². The molecule has 24 heavy (non-hydrogen) atoms. The van der Waals surface area contributed by atoms with Crippen LogP contribution in [-0.2, 0) is 0 Å². The van der Waals surface area contributed by atoms with Gasteiger partial charge < -0.3 is 4.57 Å². The van der Waals surface area contributed by atoms with Crippen LogP contribution >= 0.6 is 0 Å². The van der Waals surface area contributed by atoms with Crippen molar-refractivity contribution in [2.24, 2.45) is 0 Å². The molecule has 0 saturated heterocycles. The molecular weight excluding hydrogens is 298 g/mol. The molecule has 0 fully saturated rings. The molecule has 4 rings (SSSR count). The van der Waals surface area contributed by atoms with Crippen LogP contribution in [-0.4, -0.2) is 24.3 Å². The van der Waals surface area contributed by atoms with Crippen LogP contribution in [0.3, 0.4) is 0 Å². The van der Waals surface area contributed by atoms with Gasteiger partial charge in [-0.05, 0) is 30.2 Å². The summed E-state index contributed by atoms with van der Waals surface area (Å²) in [6.07, 6.45) is 8.90. The molecule has 2 heterocycles. The fourth-order valence-electron chi connectivity index (χ4n) is 2.86. The lowest BCUT2D eigenvalue weighted by Gasteiger charge is -2.20. The minimum Gasteiger partial charge on any atom is -0.326 e. The zero-order valence-corrected chi connectivity index (χ0v) is 13.3. The Morgan fingerprint density at radius 2 is 1.54 bits per heavy atom. The van der Waals surface area contributed by atoms with Crippen molar-refractivity contribution >= 4 is 0 Å². The van der Waals surface area contributed by atoms with Crippen LogP contribution in [0.15, 0.2) is 79.9 Å². The number of hydrogen-bond donors (Lipinski definition) is 0. The van der Waals surface area contributed by atoms with Crippen LogP contribution in [0, 0.1) is 6.92 Å². The second-order valence-corrected chi connectivity index (χ2v) is 5.75. The average molecular weight is 315 g/mol. The van der Waals surface area contributed by atoms with Crippen molar-refractivity contribution in [3.05, 3.63) is 96.6 Å². The number of nitrogens with zero attached hydrogens (tertiary/aromatic N) is 5. The third-order valence-electron chi connectivity index (χ3n) is 4.11. The molecule has 4 aromatic rings. The molecule has 0 N–H and O–H groups in total. The van der Waals surface area contributed by atoms with Crippen molar-refractivity contribution in [3.63, 3.8) is 0 Å². The van der Waals surface area contributed by atoms with Crippen molar-refractivity contribution < 1.29 is 0 Å². The molecule has 0 aliphatic carbocycles. The second kappa shape index (κ2) is 6.12. The van der Waals surface area contributed by atoms with Gasteiger partial charge in [0.15, 0.2) is 0 Å². The Labute approximate surface area is 140 Å². The van der Waals surface area contributed by atoms with E-state index in [-0.39, 0.29) is 6.04 Å². The number of aromatic nitrogens is 5. The van der Waals surface area contributed by atoms with Crippen LogP contribution in [0.25, 0.3) is 5.69 Å². The van der Waals surface area contributed by atoms with E-state index in [9.17, 15) is 0 Å². The molecule has 0 aliphatic rings. The molecule has 2 aromatic heterocycles. The first-order chi connectivity index (χ1) is 11.8. The lowest BCUT2D eigenvalue weighted by Crippen LogP contribution is -2.10. The molecule has 0 aliphatic heterocycles. The molecule has 0 saturated carbocycles. The molecule has 0 amide bonds. The quantitative estimate of drug-likeness (QED) is 0.580. The van der Waals surface area contributed by atoms with E-state index in [1.807, 2.05) is 18.7 Å². The predicted octanol–water partition coefficient (Wildman–Crippen LogP) is 3.41. The van der Waals surface area contributed by atoms with E-state index in [0.29, 0.717) is 0 Å². The standard InChI is InChI=1S/C19H17N5/c1-15-2-4-16(5-3-15)19(23-11-10-20-13-23)17-6-8-18(9-7-17)24-14-21-12-22-24/h2-14,19H,1H3. The van der Waals surface area contributed by atoms with E-state index in [1.54, 1.807) is 11.0 Å². The van der Waals surface area contributed by atoms with Gasteiger partial charge in [0.25, 0.3) is 0 Å². The summed E-state index contributed by atoms with van der Waals surface area (Å²) in [6, 6.07) is 17.1. The maximum absolute atomic E-state index is 4.21. The highest BCUT2D eigenvalue weighted by Crippen LogP contribution is 2.27. The summed E-state index contributed by atoms with van der Waals surface area (Å²) >= 11 is 0. The summed E-state index contributed by atoms with van der Waals surface area (Å²) < 4.78 is 3.87. The average Bonchev–Trinajstić information content (AvgIpc) is 3.31. The van der Waals surface area contributed by atoms with E-state index in [0.717, 1.165) is 5.69 Å². The summed E-state index contributed by atoms with van der Waals surface area (Å²) in [5, 5.41) is 4.17. The molecule has 1 unspecified atom stereocenters. The topological polar surface area (TPSA) is 48.5 Å². The molecule has 118 valence electrons. The van der Waals surface area contributed by atoms with Crippen molar-refractivity contribution in [3.8, 4) is 5.69 Å². The van der Waals surface area contributed by atoms with E-state index >= 15 is 0 Å². The number of aryl methyl sites for hydroxylation is 1. The SMILES string of the molecule is Cc1ccc(C(c2ccc(-n3cncn3)cc2)n2ccnc2)cc1. The third-order valence-corrected chi connectivity index (χ3v) is 4.11. The van der Waals surface area contributed by atoms with Gasteiger partial charge in [0.2, 0.25) is 0 Å².